The number of Topliss-reactive ketones (excluding diaryl/α,β-unsaturated/α-hetero) is 1. The second-order valence-electron chi connectivity index (χ2n) is 25.4. The number of carbonyl (C=O) groups excluding carboxylic acids is 1. The highest BCUT2D eigenvalue weighted by molar-refractivity contribution is 6.00. The molecule has 1 spiro atoms. The van der Waals surface area contributed by atoms with Crippen LogP contribution in [0.1, 0.15) is 189 Å². The second-order valence-corrected chi connectivity index (χ2v) is 25.4. The molecule has 16 atom stereocenters. The van der Waals surface area contributed by atoms with Gasteiger partial charge in [-0.1, -0.05) is 86.0 Å². The molecule has 61 heavy (non-hydrogen) atoms. The molecule has 7 aliphatic carbocycles. The van der Waals surface area contributed by atoms with Gasteiger partial charge in [0.05, 0.1) is 23.9 Å². The summed E-state index contributed by atoms with van der Waals surface area (Å²) in [6.07, 6.45) is 23.8. The van der Waals surface area contributed by atoms with E-state index in [0.29, 0.717) is 30.8 Å². The van der Waals surface area contributed by atoms with Gasteiger partial charge in [0, 0.05) is 24.4 Å². The maximum Gasteiger partial charge on any atom is 0.162 e. The average molecular weight is 848 g/mol. The van der Waals surface area contributed by atoms with Crippen molar-refractivity contribution < 1.29 is 34.9 Å². The molecule has 3 heterocycles. The number of nitrogens with two attached hydrogens (primary N) is 2. The van der Waals surface area contributed by atoms with Gasteiger partial charge < -0.3 is 30.1 Å². The molecule has 8 heteroatoms. The van der Waals surface area contributed by atoms with Crippen LogP contribution in [0.2, 0.25) is 0 Å². The van der Waals surface area contributed by atoms with Crippen molar-refractivity contribution >= 4 is 5.78 Å². The predicted octanol–water partition coefficient (Wildman–Crippen LogP) is 8.14. The minimum Gasteiger partial charge on any atom is -0.393 e. The Bertz CT molecular complexity index is 1710. The van der Waals surface area contributed by atoms with E-state index in [0.717, 1.165) is 102 Å². The number of ketones is 1. The molecule has 0 amide bonds. The first kappa shape index (κ1) is 44.0. The fourth-order valence-corrected chi connectivity index (χ4v) is 18.5. The van der Waals surface area contributed by atoms with E-state index < -0.39 is 28.3 Å². The van der Waals surface area contributed by atoms with Crippen molar-refractivity contribution in [3.63, 3.8) is 0 Å². The highest BCUT2D eigenvalue weighted by atomic mass is 16.6. The van der Waals surface area contributed by atoms with Gasteiger partial charge in [-0.15, -0.1) is 0 Å². The quantitative estimate of drug-likeness (QED) is 0.140. The van der Waals surface area contributed by atoms with E-state index in [9.17, 15) is 15.3 Å². The Morgan fingerprint density at radius 3 is 2.36 bits per heavy atom. The van der Waals surface area contributed by atoms with Crippen molar-refractivity contribution in [1.82, 2.24) is 0 Å². The maximum absolute atomic E-state index is 15.4. The van der Waals surface area contributed by atoms with Gasteiger partial charge in [-0.2, -0.15) is 0 Å². The molecule has 3 saturated heterocycles. The summed E-state index contributed by atoms with van der Waals surface area (Å²) >= 11 is 0. The fourth-order valence-electron chi connectivity index (χ4n) is 18.5. The number of piperidine rings is 1. The van der Waals surface area contributed by atoms with Crippen molar-refractivity contribution in [2.24, 2.45) is 74.7 Å². The van der Waals surface area contributed by atoms with Gasteiger partial charge in [-0.25, -0.2) is 0 Å². The Morgan fingerprint density at radius 2 is 1.64 bits per heavy atom. The summed E-state index contributed by atoms with van der Waals surface area (Å²) in [5.41, 5.74) is 4.55. The van der Waals surface area contributed by atoms with Crippen LogP contribution in [0.4, 0.5) is 0 Å². The number of rotatable bonds is 10. The molecule has 0 aromatic rings. The SMILES string of the molecule is C[C@H]1CCO[C@@]([C@@H]2O[C@@H]2[C@](C)(O)C(C)(C)CCC2CC[NH2+]C(N)C2)([C@@H]2C[C@@H]3CCC4=C5C([C@@H](CCC6CCCCC6)C[C@@]2(C)[C@]53O)[C@@]2(C)[C@@H](C[C@@H](O)CC23CCCC3)C4=O)C1. The zero-order valence-corrected chi connectivity index (χ0v) is 39.3. The topological polar surface area (TPSA) is 142 Å². The third-order valence-electron chi connectivity index (χ3n) is 22.2. The van der Waals surface area contributed by atoms with Crippen molar-refractivity contribution in [3.8, 4) is 0 Å². The number of allylic oxidation sites excluding steroid dienone is 1. The van der Waals surface area contributed by atoms with Crippen LogP contribution in [0, 0.1) is 69.0 Å². The lowest BCUT2D eigenvalue weighted by Crippen LogP contribution is -2.94. The first-order valence-corrected chi connectivity index (χ1v) is 26.2. The number of epoxide rings is 1. The highest BCUT2D eigenvalue weighted by Crippen LogP contribution is 2.79. The Balaban J connectivity index is 1.04. The summed E-state index contributed by atoms with van der Waals surface area (Å²) < 4.78 is 14.4. The van der Waals surface area contributed by atoms with Gasteiger partial charge in [0.1, 0.15) is 24.0 Å². The number of aliphatic hydroxyl groups is 3. The van der Waals surface area contributed by atoms with E-state index in [2.05, 4.69) is 39.9 Å². The molecule has 8 nitrogen and oxygen atoms in total. The summed E-state index contributed by atoms with van der Waals surface area (Å²) in [4.78, 5) is 15.4. The van der Waals surface area contributed by atoms with Crippen molar-refractivity contribution in [3.05, 3.63) is 11.1 Å². The minimum atomic E-state index is -1.09. The molecule has 0 radical (unpaired) electrons. The molecule has 3 aliphatic heterocycles. The molecule has 5 saturated carbocycles. The maximum atomic E-state index is 15.4. The lowest BCUT2D eigenvalue weighted by molar-refractivity contribution is -0.699. The molecule has 8 fully saturated rings. The van der Waals surface area contributed by atoms with E-state index in [1.54, 1.807) is 0 Å². The number of quaternary nitrogens is 1. The Labute approximate surface area is 369 Å². The molecule has 10 aliphatic rings. The summed E-state index contributed by atoms with van der Waals surface area (Å²) in [5, 5.41) is 41.0. The van der Waals surface area contributed by atoms with Gasteiger partial charge in [0.15, 0.2) is 5.78 Å². The van der Waals surface area contributed by atoms with Crippen LogP contribution in [0.15, 0.2) is 11.1 Å². The monoisotopic (exact) mass is 848 g/mol. The molecule has 0 aromatic carbocycles. The minimum absolute atomic E-state index is 0.0471. The molecular formula is C53H87N2O6+. The van der Waals surface area contributed by atoms with Crippen LogP contribution in [0.5, 0.6) is 0 Å². The third-order valence-corrected chi connectivity index (χ3v) is 22.2. The molecule has 344 valence electrons. The van der Waals surface area contributed by atoms with Crippen LogP contribution in [0.25, 0.3) is 0 Å². The van der Waals surface area contributed by atoms with Gasteiger partial charge in [-0.05, 0) is 166 Å². The van der Waals surface area contributed by atoms with Crippen LogP contribution in [0.3, 0.4) is 0 Å². The van der Waals surface area contributed by atoms with E-state index >= 15 is 4.79 Å². The number of aliphatic hydroxyl groups excluding tert-OH is 1. The van der Waals surface area contributed by atoms with Gasteiger partial charge in [-0.3, -0.25) is 10.5 Å². The third kappa shape index (κ3) is 6.44. The predicted molar refractivity (Wildman–Crippen MR) is 238 cm³/mol. The normalized spacial score (nSPS) is 49.4. The van der Waals surface area contributed by atoms with Crippen LogP contribution in [-0.4, -0.2) is 75.5 Å². The standard InChI is InChI=1S/C53H86N2O6/c1-32-20-25-60-52(29-32,46-45(61-46)50(6,58)47(2,3)23-18-34-19-24-55-41(54)26-34)40-27-36-16-17-38-43-42(49(5)39(44(38)57)28-37(56)31-51(49)21-10-11-22-51)35(30-48(40,4)53(36,43)59)15-14-33-12-8-7-9-13-33/h32-37,39-42,45-46,55-56,58-59H,7-31,54H2,1-6H3/p+1/t32-,34?,35-,36-,37+,39-,40+,41?,42?,45-,46+,48+,49+,50-,52+,53+/m0/s1. The van der Waals surface area contributed by atoms with Gasteiger partial charge in [0.25, 0.3) is 0 Å². The Hall–Kier alpha value is -0.870. The van der Waals surface area contributed by atoms with E-state index in [4.69, 9.17) is 15.2 Å². The molecule has 0 bridgehead atoms. The molecule has 3 unspecified atom stereocenters. The lowest BCUT2D eigenvalue weighted by Gasteiger charge is -2.69. The van der Waals surface area contributed by atoms with Crippen molar-refractivity contribution in [2.75, 3.05) is 13.2 Å². The van der Waals surface area contributed by atoms with E-state index in [-0.39, 0.29) is 64.1 Å². The Morgan fingerprint density at radius 1 is 0.885 bits per heavy atom. The molecular weight excluding hydrogens is 761 g/mol. The first-order valence-electron chi connectivity index (χ1n) is 26.2. The Kier molecular flexibility index (Phi) is 11.1. The molecule has 10 rings (SSSR count). The number of hydrogen-bond acceptors (Lipinski definition) is 7. The number of hydrogen-bond donors (Lipinski definition) is 5. The molecule has 0 aromatic heterocycles. The number of ether oxygens (including phenoxy) is 2. The second kappa shape index (κ2) is 15.3. The lowest BCUT2D eigenvalue weighted by atomic mass is 9.35. The average Bonchev–Trinajstić information content (AvgIpc) is 3.86. The zero-order chi connectivity index (χ0) is 43.0. The van der Waals surface area contributed by atoms with Crippen LogP contribution in [-0.2, 0) is 14.3 Å². The summed E-state index contributed by atoms with van der Waals surface area (Å²) in [5.74, 6) is 2.57. The van der Waals surface area contributed by atoms with Gasteiger partial charge in [0.2, 0.25) is 0 Å². The van der Waals surface area contributed by atoms with E-state index in [1.165, 1.54) is 63.4 Å². The number of fused-ring (bicyclic) bond motifs is 3. The zero-order valence-electron chi connectivity index (χ0n) is 39.3. The van der Waals surface area contributed by atoms with E-state index in [1.807, 2.05) is 6.92 Å². The largest absolute Gasteiger partial charge is 0.393 e. The van der Waals surface area contributed by atoms with Crippen LogP contribution >= 0.6 is 0 Å². The summed E-state index contributed by atoms with van der Waals surface area (Å²) in [6, 6.07) is 0. The summed E-state index contributed by atoms with van der Waals surface area (Å²) in [7, 11) is 0. The summed E-state index contributed by atoms with van der Waals surface area (Å²) in [6.45, 7) is 15.6. The van der Waals surface area contributed by atoms with Crippen molar-refractivity contribution in [1.29, 1.82) is 0 Å². The van der Waals surface area contributed by atoms with Crippen molar-refractivity contribution in [2.45, 2.75) is 231 Å². The molecule has 7 N–H and O–H groups in total. The number of carbonyl (C=O) groups is 1. The highest BCUT2D eigenvalue weighted by Gasteiger charge is 2.80. The smallest absolute Gasteiger partial charge is 0.162 e. The fraction of sp³-hybridized carbons (Fsp3) is 0.943. The first-order chi connectivity index (χ1) is 28.9. The van der Waals surface area contributed by atoms with Gasteiger partial charge >= 0.3 is 0 Å². The van der Waals surface area contributed by atoms with Crippen LogP contribution < -0.4 is 11.1 Å².